The summed E-state index contributed by atoms with van der Waals surface area (Å²) in [6.45, 7) is 1.04. The topological polar surface area (TPSA) is 102 Å². The minimum Gasteiger partial charge on any atom is -0.337 e. The average Bonchev–Trinajstić information content (AvgIpc) is 3.52. The van der Waals surface area contributed by atoms with Gasteiger partial charge < -0.3 is 20.5 Å². The molecule has 3 aromatic carbocycles. The molecule has 3 heterocycles. The Morgan fingerprint density at radius 2 is 1.86 bits per heavy atom. The first-order valence-electron chi connectivity index (χ1n) is 12.4. The van der Waals surface area contributed by atoms with Crippen molar-refractivity contribution in [3.8, 4) is 11.5 Å². The molecule has 4 N–H and O–H groups in total. The summed E-state index contributed by atoms with van der Waals surface area (Å²) in [6, 6.07) is 23.8. The summed E-state index contributed by atoms with van der Waals surface area (Å²) >= 11 is 0. The number of amides is 2. The molecular formula is C28H29N7O. The fourth-order valence-corrected chi connectivity index (χ4v) is 5.23. The SMILES string of the molecule is CN1CCCC[C@@H]1C(NC(=O)Nc1ccc2[nH]nc(-c3nc4ccccc4[nH]3)c2c1)c1ccccc1. The van der Waals surface area contributed by atoms with Gasteiger partial charge in [0.15, 0.2) is 5.82 Å². The molecule has 5 aromatic rings. The number of para-hydroxylation sites is 2. The largest absolute Gasteiger partial charge is 0.337 e. The molecule has 6 rings (SSSR count). The van der Waals surface area contributed by atoms with Crippen LogP contribution in [0.25, 0.3) is 33.5 Å². The molecule has 2 atom stereocenters. The van der Waals surface area contributed by atoms with Crippen LogP contribution in [0.2, 0.25) is 0 Å². The van der Waals surface area contributed by atoms with E-state index in [2.05, 4.69) is 54.9 Å². The van der Waals surface area contributed by atoms with E-state index in [4.69, 9.17) is 0 Å². The van der Waals surface area contributed by atoms with Gasteiger partial charge in [0.05, 0.1) is 22.6 Å². The average molecular weight is 480 g/mol. The molecule has 8 nitrogen and oxygen atoms in total. The van der Waals surface area contributed by atoms with Crippen LogP contribution >= 0.6 is 0 Å². The van der Waals surface area contributed by atoms with Crippen LogP contribution in [0.5, 0.6) is 0 Å². The summed E-state index contributed by atoms with van der Waals surface area (Å²) in [5.41, 5.74) is 5.25. The predicted molar refractivity (Wildman–Crippen MR) is 143 cm³/mol. The lowest BCUT2D eigenvalue weighted by atomic mass is 9.91. The number of carbonyl (C=O) groups is 1. The number of nitrogens with zero attached hydrogens (tertiary/aromatic N) is 3. The number of urea groups is 1. The van der Waals surface area contributed by atoms with Crippen LogP contribution in [0.3, 0.4) is 0 Å². The lowest BCUT2D eigenvalue weighted by molar-refractivity contribution is 0.147. The number of anilines is 1. The fourth-order valence-electron chi connectivity index (χ4n) is 5.23. The number of likely N-dealkylation sites (N-methyl/N-ethyl adjacent to an activating group) is 1. The van der Waals surface area contributed by atoms with Crippen LogP contribution in [-0.4, -0.2) is 50.7 Å². The van der Waals surface area contributed by atoms with Crippen molar-refractivity contribution < 1.29 is 4.79 Å². The summed E-state index contributed by atoms with van der Waals surface area (Å²) in [5.74, 6) is 0.688. The lowest BCUT2D eigenvalue weighted by Crippen LogP contribution is -2.47. The van der Waals surface area contributed by atoms with E-state index in [1.165, 1.54) is 12.8 Å². The molecule has 1 aliphatic heterocycles. The second kappa shape index (κ2) is 9.47. The third-order valence-corrected chi connectivity index (χ3v) is 7.09. The highest BCUT2D eigenvalue weighted by Gasteiger charge is 2.30. The molecule has 1 aliphatic rings. The molecule has 36 heavy (non-hydrogen) atoms. The van der Waals surface area contributed by atoms with E-state index in [0.717, 1.165) is 46.2 Å². The van der Waals surface area contributed by atoms with Crippen LogP contribution in [0, 0.1) is 0 Å². The van der Waals surface area contributed by atoms with E-state index in [1.54, 1.807) is 0 Å². The van der Waals surface area contributed by atoms with E-state index < -0.39 is 0 Å². The van der Waals surface area contributed by atoms with Crippen LogP contribution < -0.4 is 10.6 Å². The first-order valence-corrected chi connectivity index (χ1v) is 12.4. The fraction of sp³-hybridized carbons (Fsp3) is 0.250. The highest BCUT2D eigenvalue weighted by molar-refractivity contribution is 5.98. The van der Waals surface area contributed by atoms with Gasteiger partial charge in [0.25, 0.3) is 0 Å². The molecule has 1 saturated heterocycles. The van der Waals surface area contributed by atoms with Gasteiger partial charge in [-0.15, -0.1) is 0 Å². The minimum atomic E-state index is -0.226. The molecule has 0 radical (unpaired) electrons. The molecule has 2 aromatic heterocycles. The minimum absolute atomic E-state index is 0.0970. The molecule has 1 fully saturated rings. The van der Waals surface area contributed by atoms with Gasteiger partial charge in [-0.05, 0) is 62.3 Å². The van der Waals surface area contributed by atoms with E-state index in [-0.39, 0.29) is 18.1 Å². The number of aromatic nitrogens is 4. The highest BCUT2D eigenvalue weighted by atomic mass is 16.2. The third kappa shape index (κ3) is 4.31. The highest BCUT2D eigenvalue weighted by Crippen LogP contribution is 2.30. The number of hydrogen-bond donors (Lipinski definition) is 4. The Bertz CT molecular complexity index is 1470. The molecule has 8 heteroatoms. The number of piperidine rings is 1. The van der Waals surface area contributed by atoms with Crippen LogP contribution in [0.15, 0.2) is 72.8 Å². The van der Waals surface area contributed by atoms with Crippen molar-refractivity contribution in [1.82, 2.24) is 30.4 Å². The Morgan fingerprint density at radius 3 is 2.69 bits per heavy atom. The van der Waals surface area contributed by atoms with E-state index in [9.17, 15) is 4.79 Å². The number of hydrogen-bond acceptors (Lipinski definition) is 4. The number of imidazole rings is 1. The number of aromatic amines is 2. The second-order valence-electron chi connectivity index (χ2n) is 9.47. The molecular weight excluding hydrogens is 450 g/mol. The third-order valence-electron chi connectivity index (χ3n) is 7.09. The summed E-state index contributed by atoms with van der Waals surface area (Å²) in [4.78, 5) is 23.6. The first-order chi connectivity index (χ1) is 17.7. The summed E-state index contributed by atoms with van der Waals surface area (Å²) in [7, 11) is 2.14. The standard InChI is InChI=1S/C28H29N7O/c1-35-16-8-7-13-24(35)25(18-9-3-2-4-10-18)32-28(36)29-19-14-15-21-20(17-19)26(34-33-21)27-30-22-11-5-6-12-23(22)31-27/h2-6,9-12,14-15,17,24-25H,7-8,13,16H2,1H3,(H,30,31)(H,33,34)(H2,29,32,36)/t24-,25?/m1/s1. The van der Waals surface area contributed by atoms with Crippen molar-refractivity contribution >= 4 is 33.7 Å². The van der Waals surface area contributed by atoms with Gasteiger partial charge in [0, 0.05) is 17.1 Å². The van der Waals surface area contributed by atoms with Crippen molar-refractivity contribution in [1.29, 1.82) is 0 Å². The molecule has 0 aliphatic carbocycles. The number of nitrogens with one attached hydrogen (secondary N) is 4. The van der Waals surface area contributed by atoms with Crippen LogP contribution in [-0.2, 0) is 0 Å². The number of benzene rings is 3. The maximum absolute atomic E-state index is 13.2. The number of fused-ring (bicyclic) bond motifs is 2. The van der Waals surface area contributed by atoms with Gasteiger partial charge >= 0.3 is 6.03 Å². The molecule has 2 amide bonds. The van der Waals surface area contributed by atoms with E-state index >= 15 is 0 Å². The zero-order valence-electron chi connectivity index (χ0n) is 20.2. The Kier molecular flexibility index (Phi) is 5.87. The van der Waals surface area contributed by atoms with Crippen LogP contribution in [0.4, 0.5) is 10.5 Å². The molecule has 182 valence electrons. The van der Waals surface area contributed by atoms with Crippen molar-refractivity contribution in [2.24, 2.45) is 0 Å². The van der Waals surface area contributed by atoms with Gasteiger partial charge in [-0.2, -0.15) is 5.10 Å². The Hall–Kier alpha value is -4.17. The second-order valence-corrected chi connectivity index (χ2v) is 9.47. The van der Waals surface area contributed by atoms with E-state index in [0.29, 0.717) is 11.5 Å². The maximum Gasteiger partial charge on any atom is 0.319 e. The smallest absolute Gasteiger partial charge is 0.319 e. The number of likely N-dealkylation sites (tertiary alicyclic amines) is 1. The Morgan fingerprint density at radius 1 is 1.03 bits per heavy atom. The first kappa shape index (κ1) is 22.3. The normalized spacial score (nSPS) is 17.3. The summed E-state index contributed by atoms with van der Waals surface area (Å²) in [5, 5.41) is 14.7. The Balaban J connectivity index is 1.25. The number of carbonyl (C=O) groups excluding carboxylic acids is 1. The van der Waals surface area contributed by atoms with Crippen molar-refractivity contribution in [3.05, 3.63) is 78.4 Å². The number of rotatable bonds is 5. The zero-order chi connectivity index (χ0) is 24.5. The van der Waals surface area contributed by atoms with Gasteiger partial charge in [-0.1, -0.05) is 48.9 Å². The van der Waals surface area contributed by atoms with E-state index in [1.807, 2.05) is 60.7 Å². The van der Waals surface area contributed by atoms with Crippen LogP contribution in [0.1, 0.15) is 30.9 Å². The van der Waals surface area contributed by atoms with Gasteiger partial charge in [-0.25, -0.2) is 9.78 Å². The predicted octanol–water partition coefficient (Wildman–Crippen LogP) is 5.45. The van der Waals surface area contributed by atoms with Gasteiger partial charge in [0.1, 0.15) is 5.69 Å². The number of H-pyrrole nitrogens is 2. The molecule has 1 unspecified atom stereocenters. The Labute approximate surface area is 209 Å². The quantitative estimate of drug-likeness (QED) is 0.269. The van der Waals surface area contributed by atoms with Crippen molar-refractivity contribution in [3.63, 3.8) is 0 Å². The van der Waals surface area contributed by atoms with Gasteiger partial charge in [-0.3, -0.25) is 5.10 Å². The van der Waals surface area contributed by atoms with Crippen molar-refractivity contribution in [2.75, 3.05) is 18.9 Å². The summed E-state index contributed by atoms with van der Waals surface area (Å²) in [6.07, 6.45) is 3.42. The zero-order valence-corrected chi connectivity index (χ0v) is 20.2. The molecule has 0 saturated carbocycles. The lowest BCUT2D eigenvalue weighted by Gasteiger charge is -2.38. The van der Waals surface area contributed by atoms with Crippen molar-refractivity contribution in [2.45, 2.75) is 31.3 Å². The monoisotopic (exact) mass is 479 g/mol. The molecule has 0 spiro atoms. The molecule has 0 bridgehead atoms. The maximum atomic E-state index is 13.2. The summed E-state index contributed by atoms with van der Waals surface area (Å²) < 4.78 is 0. The van der Waals surface area contributed by atoms with Gasteiger partial charge in [0.2, 0.25) is 0 Å².